The van der Waals surface area contributed by atoms with Gasteiger partial charge in [0.1, 0.15) is 5.82 Å². The molecule has 0 bridgehead atoms. The number of hydrogen-bond acceptors (Lipinski definition) is 2. The van der Waals surface area contributed by atoms with Gasteiger partial charge in [-0.05, 0) is 31.5 Å². The molecule has 0 radical (unpaired) electrons. The van der Waals surface area contributed by atoms with Gasteiger partial charge in [-0.3, -0.25) is 4.68 Å². The summed E-state index contributed by atoms with van der Waals surface area (Å²) >= 11 is 9.60. The molecule has 1 N–H and O–H groups in total. The fourth-order valence-electron chi connectivity index (χ4n) is 2.28. The molecule has 2 aromatic rings. The van der Waals surface area contributed by atoms with Gasteiger partial charge in [0.25, 0.3) is 0 Å². The van der Waals surface area contributed by atoms with E-state index in [-0.39, 0.29) is 12.0 Å². The third kappa shape index (κ3) is 3.47. The smallest absolute Gasteiger partial charge is 0.129 e. The fraction of sp³-hybridized carbons (Fsp3) is 0.400. The predicted molar refractivity (Wildman–Crippen MR) is 85.1 cm³/mol. The molecule has 21 heavy (non-hydrogen) atoms. The summed E-state index contributed by atoms with van der Waals surface area (Å²) in [6.07, 6.45) is -0.0144. The van der Waals surface area contributed by atoms with Crippen molar-refractivity contribution in [2.75, 3.05) is 0 Å². The molecule has 0 aliphatic carbocycles. The molecule has 1 heterocycles. The van der Waals surface area contributed by atoms with Gasteiger partial charge in [0.15, 0.2) is 0 Å². The van der Waals surface area contributed by atoms with Gasteiger partial charge in [-0.1, -0.05) is 34.5 Å². The van der Waals surface area contributed by atoms with E-state index in [1.165, 1.54) is 6.07 Å². The molecule has 0 aliphatic heterocycles. The Bertz CT molecular complexity index is 645. The van der Waals surface area contributed by atoms with Crippen molar-refractivity contribution in [2.24, 2.45) is 0 Å². The molecule has 1 unspecified atom stereocenters. The van der Waals surface area contributed by atoms with Crippen molar-refractivity contribution in [2.45, 2.75) is 39.3 Å². The zero-order valence-corrected chi connectivity index (χ0v) is 14.2. The molecule has 1 atom stereocenters. The number of aliphatic hydroxyl groups excluding tert-OH is 1. The number of aryl methyl sites for hydroxylation is 2. The number of nitrogens with zero attached hydrogens (tertiary/aromatic N) is 2. The maximum absolute atomic E-state index is 13.8. The normalized spacial score (nSPS) is 12.7. The quantitative estimate of drug-likeness (QED) is 0.846. The average molecular weight is 376 g/mol. The highest BCUT2D eigenvalue weighted by atomic mass is 79.9. The number of hydrogen-bond donors (Lipinski definition) is 1. The second kappa shape index (κ2) is 6.90. The molecule has 0 spiro atoms. The summed E-state index contributed by atoms with van der Waals surface area (Å²) in [4.78, 5) is 0. The van der Waals surface area contributed by atoms with E-state index in [4.69, 9.17) is 11.6 Å². The second-order valence-corrected chi connectivity index (χ2v) is 6.06. The summed E-state index contributed by atoms with van der Waals surface area (Å²) in [5.41, 5.74) is 1.79. The number of rotatable bonds is 5. The number of aliphatic hydroxyl groups is 1. The lowest BCUT2D eigenvalue weighted by atomic mass is 10.0. The van der Waals surface area contributed by atoms with Crippen LogP contribution in [0.5, 0.6) is 0 Å². The van der Waals surface area contributed by atoms with E-state index < -0.39 is 11.9 Å². The molecular formula is C15H17BrClFN2O. The highest BCUT2D eigenvalue weighted by Crippen LogP contribution is 2.29. The van der Waals surface area contributed by atoms with Crippen molar-refractivity contribution in [1.82, 2.24) is 9.78 Å². The molecule has 6 heteroatoms. The highest BCUT2D eigenvalue weighted by Gasteiger charge is 2.20. The van der Waals surface area contributed by atoms with Crippen LogP contribution in [0.4, 0.5) is 4.39 Å². The molecule has 3 nitrogen and oxygen atoms in total. The highest BCUT2D eigenvalue weighted by molar-refractivity contribution is 9.10. The van der Waals surface area contributed by atoms with Crippen molar-refractivity contribution in [3.63, 3.8) is 0 Å². The Kier molecular flexibility index (Phi) is 5.41. The molecule has 1 aromatic carbocycles. The van der Waals surface area contributed by atoms with Gasteiger partial charge in [0.05, 0.1) is 22.5 Å². The Balaban J connectivity index is 2.33. The first kappa shape index (κ1) is 16.5. The van der Waals surface area contributed by atoms with Crippen molar-refractivity contribution in [3.05, 3.63) is 50.5 Å². The Labute approximate surface area is 136 Å². The van der Waals surface area contributed by atoms with E-state index in [0.29, 0.717) is 11.6 Å². The van der Waals surface area contributed by atoms with Crippen LogP contribution in [-0.4, -0.2) is 14.9 Å². The topological polar surface area (TPSA) is 38.0 Å². The van der Waals surface area contributed by atoms with E-state index in [1.54, 1.807) is 16.8 Å². The van der Waals surface area contributed by atoms with E-state index in [1.807, 2.05) is 13.8 Å². The van der Waals surface area contributed by atoms with E-state index in [0.717, 1.165) is 22.3 Å². The summed E-state index contributed by atoms with van der Waals surface area (Å²) in [6, 6.07) is 4.52. The van der Waals surface area contributed by atoms with Crippen LogP contribution >= 0.6 is 27.5 Å². The maximum atomic E-state index is 13.8. The minimum atomic E-state index is -0.966. The molecule has 0 saturated carbocycles. The van der Waals surface area contributed by atoms with Gasteiger partial charge in [-0.15, -0.1) is 0 Å². The third-order valence-corrected chi connectivity index (χ3v) is 4.33. The first-order valence-corrected chi connectivity index (χ1v) is 8.02. The van der Waals surface area contributed by atoms with Crippen LogP contribution in [0.2, 0.25) is 5.02 Å². The van der Waals surface area contributed by atoms with Crippen molar-refractivity contribution >= 4 is 27.5 Å². The van der Waals surface area contributed by atoms with Crippen molar-refractivity contribution in [3.8, 4) is 0 Å². The molecular weight excluding hydrogens is 359 g/mol. The molecule has 2 rings (SSSR count). The van der Waals surface area contributed by atoms with Crippen LogP contribution in [0, 0.1) is 5.82 Å². The summed E-state index contributed by atoms with van der Waals surface area (Å²) in [7, 11) is 0. The first-order valence-electron chi connectivity index (χ1n) is 6.84. The van der Waals surface area contributed by atoms with Gasteiger partial charge in [0, 0.05) is 23.0 Å². The average Bonchev–Trinajstić information content (AvgIpc) is 2.77. The summed E-state index contributed by atoms with van der Waals surface area (Å²) in [6.45, 7) is 4.59. The van der Waals surface area contributed by atoms with Crippen LogP contribution in [0.15, 0.2) is 22.7 Å². The van der Waals surface area contributed by atoms with E-state index >= 15 is 0 Å². The summed E-state index contributed by atoms with van der Waals surface area (Å²) in [5.74, 6) is -0.430. The van der Waals surface area contributed by atoms with E-state index in [9.17, 15) is 9.50 Å². The molecule has 0 saturated heterocycles. The first-order chi connectivity index (χ1) is 9.97. The van der Waals surface area contributed by atoms with Gasteiger partial charge in [-0.2, -0.15) is 5.10 Å². The number of halogens is 3. The lowest BCUT2D eigenvalue weighted by molar-refractivity contribution is 0.170. The predicted octanol–water partition coefficient (Wildman–Crippen LogP) is 4.30. The Morgan fingerprint density at radius 1 is 1.43 bits per heavy atom. The Morgan fingerprint density at radius 3 is 2.76 bits per heavy atom. The summed E-state index contributed by atoms with van der Waals surface area (Å²) < 4.78 is 16.3. The van der Waals surface area contributed by atoms with Crippen molar-refractivity contribution < 1.29 is 9.50 Å². The number of benzene rings is 1. The largest absolute Gasteiger partial charge is 0.388 e. The molecule has 0 aliphatic rings. The van der Waals surface area contributed by atoms with Gasteiger partial charge in [-0.25, -0.2) is 4.39 Å². The SMILES string of the molecule is CCc1nn(CC)c(CC(O)c2cc(Br)ccc2F)c1Cl. The lowest BCUT2D eigenvalue weighted by Gasteiger charge is -2.13. The zero-order chi connectivity index (χ0) is 15.6. The molecule has 0 fully saturated rings. The maximum Gasteiger partial charge on any atom is 0.129 e. The van der Waals surface area contributed by atoms with Crippen LogP contribution in [-0.2, 0) is 19.4 Å². The van der Waals surface area contributed by atoms with E-state index in [2.05, 4.69) is 21.0 Å². The second-order valence-electron chi connectivity index (χ2n) is 4.76. The zero-order valence-electron chi connectivity index (χ0n) is 11.9. The standard InChI is InChI=1S/C15H17BrClFN2O/c1-3-12-15(17)13(20(4-2)19-12)8-14(21)10-7-9(16)5-6-11(10)18/h5-7,14,21H,3-4,8H2,1-2H3. The monoisotopic (exact) mass is 374 g/mol. The van der Waals surface area contributed by atoms with Crippen LogP contribution < -0.4 is 0 Å². The van der Waals surface area contributed by atoms with Gasteiger partial charge in [0.2, 0.25) is 0 Å². The van der Waals surface area contributed by atoms with Crippen molar-refractivity contribution in [1.29, 1.82) is 0 Å². The van der Waals surface area contributed by atoms with Gasteiger partial charge >= 0.3 is 0 Å². The Morgan fingerprint density at radius 2 is 2.14 bits per heavy atom. The Hall–Kier alpha value is -0.910. The number of aromatic nitrogens is 2. The minimum Gasteiger partial charge on any atom is -0.388 e. The molecule has 114 valence electrons. The molecule has 0 amide bonds. The summed E-state index contributed by atoms with van der Waals surface area (Å²) in [5, 5.41) is 15.3. The third-order valence-electron chi connectivity index (χ3n) is 3.40. The van der Waals surface area contributed by atoms with Crippen LogP contribution in [0.3, 0.4) is 0 Å². The van der Waals surface area contributed by atoms with Crippen LogP contribution in [0.1, 0.15) is 36.9 Å². The van der Waals surface area contributed by atoms with Crippen LogP contribution in [0.25, 0.3) is 0 Å². The minimum absolute atomic E-state index is 0.229. The fourth-order valence-corrected chi connectivity index (χ4v) is 3.00. The lowest BCUT2D eigenvalue weighted by Crippen LogP contribution is -2.10. The van der Waals surface area contributed by atoms with Gasteiger partial charge < -0.3 is 5.11 Å². The molecule has 1 aromatic heterocycles.